The zero-order valence-corrected chi connectivity index (χ0v) is 14.5. The Labute approximate surface area is 151 Å². The molecule has 3 rings (SSSR count). The van der Waals surface area contributed by atoms with Crippen molar-refractivity contribution < 1.29 is 18.0 Å². The number of oxazole rings is 1. The molecule has 7 heteroatoms. The second kappa shape index (κ2) is 7.57. The van der Waals surface area contributed by atoms with Gasteiger partial charge in [-0.15, -0.1) is 0 Å². The summed E-state index contributed by atoms with van der Waals surface area (Å²) in [5.41, 5.74) is 0.805. The molecule has 2 aromatic carbocycles. The predicted molar refractivity (Wildman–Crippen MR) is 92.9 cm³/mol. The number of amides is 1. The molecule has 1 heterocycles. The Hall–Kier alpha value is -2.54. The van der Waals surface area contributed by atoms with Crippen LogP contribution in [0.5, 0.6) is 0 Å². The fourth-order valence-electron chi connectivity index (χ4n) is 2.23. The number of hydrogen-bond donors (Lipinski definition) is 1. The molecule has 0 radical (unpaired) electrons. The summed E-state index contributed by atoms with van der Waals surface area (Å²) >= 11 is 3.39. The molecular formula is C18H13BrF2N2O2. The number of nitrogens with zero attached hydrogens (tertiary/aromatic N) is 1. The molecule has 0 spiro atoms. The van der Waals surface area contributed by atoms with Crippen molar-refractivity contribution in [2.45, 2.75) is 12.8 Å². The van der Waals surface area contributed by atoms with Crippen LogP contribution in [0.15, 0.2) is 57.6 Å². The normalized spacial score (nSPS) is 10.7. The Balaban J connectivity index is 1.59. The van der Waals surface area contributed by atoms with Gasteiger partial charge in [0.1, 0.15) is 11.6 Å². The van der Waals surface area contributed by atoms with Crippen LogP contribution in [-0.4, -0.2) is 10.9 Å². The third kappa shape index (κ3) is 4.51. The first-order valence-electron chi connectivity index (χ1n) is 7.47. The fraction of sp³-hybridized carbons (Fsp3) is 0.111. The van der Waals surface area contributed by atoms with Crippen LogP contribution >= 0.6 is 15.9 Å². The highest BCUT2D eigenvalue weighted by atomic mass is 79.9. The average Bonchev–Trinajstić information content (AvgIpc) is 3.05. The molecule has 0 aliphatic carbocycles. The summed E-state index contributed by atoms with van der Waals surface area (Å²) in [4.78, 5) is 16.0. The van der Waals surface area contributed by atoms with Gasteiger partial charge in [-0.25, -0.2) is 13.8 Å². The van der Waals surface area contributed by atoms with Crippen molar-refractivity contribution in [1.29, 1.82) is 0 Å². The highest BCUT2D eigenvalue weighted by molar-refractivity contribution is 9.10. The van der Waals surface area contributed by atoms with Gasteiger partial charge < -0.3 is 9.73 Å². The summed E-state index contributed by atoms with van der Waals surface area (Å²) in [6, 6.07) is 10.5. The maximum absolute atomic E-state index is 13.5. The lowest BCUT2D eigenvalue weighted by atomic mass is 10.2. The smallest absolute Gasteiger partial charge is 0.224 e. The topological polar surface area (TPSA) is 55.1 Å². The molecule has 128 valence electrons. The maximum atomic E-state index is 13.5. The molecule has 0 saturated heterocycles. The van der Waals surface area contributed by atoms with Gasteiger partial charge in [0.05, 0.1) is 11.9 Å². The van der Waals surface area contributed by atoms with Gasteiger partial charge in [0.15, 0.2) is 11.7 Å². The minimum Gasteiger partial charge on any atom is -0.441 e. The predicted octanol–water partition coefficient (Wildman–Crippen LogP) is 4.95. The maximum Gasteiger partial charge on any atom is 0.224 e. The number of carbonyl (C=O) groups excluding carboxylic acids is 1. The number of anilines is 1. The van der Waals surface area contributed by atoms with Crippen molar-refractivity contribution in [2.24, 2.45) is 0 Å². The molecule has 0 saturated carbocycles. The van der Waals surface area contributed by atoms with Crippen LogP contribution in [0.1, 0.15) is 12.3 Å². The van der Waals surface area contributed by atoms with Crippen LogP contribution in [-0.2, 0) is 11.2 Å². The summed E-state index contributed by atoms with van der Waals surface area (Å²) in [5.74, 6) is -0.921. The third-order valence-corrected chi connectivity index (χ3v) is 3.93. The van der Waals surface area contributed by atoms with E-state index in [1.807, 2.05) is 24.3 Å². The third-order valence-electron chi connectivity index (χ3n) is 3.43. The SMILES string of the molecule is O=C(CCc1ncc(-c2cccc(Br)c2)o1)Nc1ccc(F)cc1F. The molecule has 0 aliphatic rings. The Kier molecular flexibility index (Phi) is 5.23. The largest absolute Gasteiger partial charge is 0.441 e. The quantitative estimate of drug-likeness (QED) is 0.651. The summed E-state index contributed by atoms with van der Waals surface area (Å²) in [6.07, 6.45) is 1.92. The Morgan fingerprint density at radius 1 is 1.20 bits per heavy atom. The minimum absolute atomic E-state index is 0.0615. The van der Waals surface area contributed by atoms with E-state index in [1.165, 1.54) is 6.07 Å². The molecule has 1 amide bonds. The Morgan fingerprint density at radius 2 is 2.04 bits per heavy atom. The Bertz CT molecular complexity index is 912. The zero-order valence-electron chi connectivity index (χ0n) is 12.9. The number of hydrogen-bond acceptors (Lipinski definition) is 3. The van der Waals surface area contributed by atoms with E-state index in [2.05, 4.69) is 26.2 Å². The number of carbonyl (C=O) groups is 1. The second-order valence-electron chi connectivity index (χ2n) is 5.30. The number of aryl methyl sites for hydroxylation is 1. The highest BCUT2D eigenvalue weighted by Crippen LogP contribution is 2.24. The number of nitrogens with one attached hydrogen (secondary N) is 1. The van der Waals surface area contributed by atoms with Crippen LogP contribution in [0.4, 0.5) is 14.5 Å². The lowest BCUT2D eigenvalue weighted by Crippen LogP contribution is -2.13. The van der Waals surface area contributed by atoms with Gasteiger partial charge in [-0.05, 0) is 24.3 Å². The van der Waals surface area contributed by atoms with Gasteiger partial charge in [-0.1, -0.05) is 28.1 Å². The summed E-state index contributed by atoms with van der Waals surface area (Å²) < 4.78 is 32.9. The number of halogens is 3. The molecule has 1 N–H and O–H groups in total. The van der Waals surface area contributed by atoms with Crippen LogP contribution in [0.2, 0.25) is 0 Å². The van der Waals surface area contributed by atoms with E-state index in [0.717, 1.165) is 16.1 Å². The monoisotopic (exact) mass is 406 g/mol. The van der Waals surface area contributed by atoms with Crippen molar-refractivity contribution in [3.05, 3.63) is 70.7 Å². The molecule has 0 atom stereocenters. The van der Waals surface area contributed by atoms with E-state index in [9.17, 15) is 13.6 Å². The van der Waals surface area contributed by atoms with Crippen molar-refractivity contribution in [2.75, 3.05) is 5.32 Å². The first-order valence-corrected chi connectivity index (χ1v) is 8.26. The van der Waals surface area contributed by atoms with Crippen molar-refractivity contribution in [3.63, 3.8) is 0 Å². The fourth-order valence-corrected chi connectivity index (χ4v) is 2.62. The van der Waals surface area contributed by atoms with Crippen molar-refractivity contribution in [1.82, 2.24) is 4.98 Å². The summed E-state index contributed by atoms with van der Waals surface area (Å²) in [6.45, 7) is 0. The van der Waals surface area contributed by atoms with Crippen LogP contribution in [0.3, 0.4) is 0 Å². The van der Waals surface area contributed by atoms with Crippen LogP contribution in [0.25, 0.3) is 11.3 Å². The van der Waals surface area contributed by atoms with Gasteiger partial charge in [-0.2, -0.15) is 0 Å². The number of rotatable bonds is 5. The summed E-state index contributed by atoms with van der Waals surface area (Å²) in [7, 11) is 0. The number of aromatic nitrogens is 1. The lowest BCUT2D eigenvalue weighted by Gasteiger charge is -2.05. The second-order valence-corrected chi connectivity index (χ2v) is 6.22. The molecule has 0 bridgehead atoms. The van der Waals surface area contributed by atoms with Gasteiger partial charge in [0.2, 0.25) is 5.91 Å². The molecule has 0 unspecified atom stereocenters. The van der Waals surface area contributed by atoms with Gasteiger partial charge >= 0.3 is 0 Å². The molecular weight excluding hydrogens is 394 g/mol. The van der Waals surface area contributed by atoms with Crippen molar-refractivity contribution in [3.8, 4) is 11.3 Å². The molecule has 1 aromatic heterocycles. The van der Waals surface area contributed by atoms with Gasteiger partial charge in [0, 0.05) is 28.9 Å². The lowest BCUT2D eigenvalue weighted by molar-refractivity contribution is -0.116. The van der Waals surface area contributed by atoms with E-state index in [-0.39, 0.29) is 18.5 Å². The van der Waals surface area contributed by atoms with E-state index in [4.69, 9.17) is 4.42 Å². The molecule has 25 heavy (non-hydrogen) atoms. The minimum atomic E-state index is -0.818. The molecule has 3 aromatic rings. The number of benzene rings is 2. The van der Waals surface area contributed by atoms with E-state index in [1.54, 1.807) is 6.20 Å². The van der Waals surface area contributed by atoms with Gasteiger partial charge in [-0.3, -0.25) is 4.79 Å². The molecule has 0 fully saturated rings. The highest BCUT2D eigenvalue weighted by Gasteiger charge is 2.11. The van der Waals surface area contributed by atoms with E-state index < -0.39 is 17.5 Å². The van der Waals surface area contributed by atoms with E-state index >= 15 is 0 Å². The standard InChI is InChI=1S/C18H13BrF2N2O2/c19-12-3-1-2-11(8-12)16-10-22-18(25-16)7-6-17(24)23-15-5-4-13(20)9-14(15)21/h1-5,8-10H,6-7H2,(H,23,24). The van der Waals surface area contributed by atoms with Crippen LogP contribution in [0, 0.1) is 11.6 Å². The average molecular weight is 407 g/mol. The first kappa shape index (κ1) is 17.3. The van der Waals surface area contributed by atoms with Crippen molar-refractivity contribution >= 4 is 27.5 Å². The first-order chi connectivity index (χ1) is 12.0. The van der Waals surface area contributed by atoms with E-state index in [0.29, 0.717) is 17.7 Å². The molecule has 4 nitrogen and oxygen atoms in total. The summed E-state index contributed by atoms with van der Waals surface area (Å²) in [5, 5.41) is 2.40. The Morgan fingerprint density at radius 3 is 2.80 bits per heavy atom. The zero-order chi connectivity index (χ0) is 17.8. The molecule has 0 aliphatic heterocycles. The van der Waals surface area contributed by atoms with Gasteiger partial charge in [0.25, 0.3) is 0 Å². The van der Waals surface area contributed by atoms with Crippen LogP contribution < -0.4 is 5.32 Å².